The summed E-state index contributed by atoms with van der Waals surface area (Å²) in [6.45, 7) is 0. The van der Waals surface area contributed by atoms with Crippen LogP contribution in [0, 0.1) is 0 Å². The molecule has 0 spiro atoms. The molecule has 2 aliphatic rings. The second-order valence-corrected chi connectivity index (χ2v) is 4.52. The molecule has 0 nitrogen and oxygen atoms in total. The van der Waals surface area contributed by atoms with E-state index in [1.807, 2.05) is 0 Å². The maximum atomic E-state index is 2.29. The monoisotopic (exact) mass is 208 g/mol. The molecule has 0 N–H and O–H groups in total. The SMILES string of the molecule is C1=C\C=c2\cccc\c2=C2/CCCC/C2=C/1. The van der Waals surface area contributed by atoms with E-state index in [4.69, 9.17) is 0 Å². The maximum absolute atomic E-state index is 2.29. The summed E-state index contributed by atoms with van der Waals surface area (Å²) >= 11 is 0. The van der Waals surface area contributed by atoms with Crippen LogP contribution < -0.4 is 10.4 Å². The highest BCUT2D eigenvalue weighted by Gasteiger charge is 2.12. The van der Waals surface area contributed by atoms with Crippen molar-refractivity contribution in [1.29, 1.82) is 0 Å². The lowest BCUT2D eigenvalue weighted by molar-refractivity contribution is 0.714. The van der Waals surface area contributed by atoms with Gasteiger partial charge in [0.05, 0.1) is 0 Å². The third kappa shape index (κ3) is 1.65. The summed E-state index contributed by atoms with van der Waals surface area (Å²) in [7, 11) is 0. The lowest BCUT2D eigenvalue weighted by Gasteiger charge is -2.18. The molecule has 0 aromatic heterocycles. The minimum Gasteiger partial charge on any atom is -0.0620 e. The van der Waals surface area contributed by atoms with Gasteiger partial charge in [-0.25, -0.2) is 0 Å². The number of benzene rings is 1. The first kappa shape index (κ1) is 9.65. The van der Waals surface area contributed by atoms with Gasteiger partial charge in [-0.05, 0) is 47.3 Å². The Morgan fingerprint density at radius 1 is 0.812 bits per heavy atom. The first-order chi connectivity index (χ1) is 7.95. The lowest BCUT2D eigenvalue weighted by Crippen LogP contribution is -2.28. The van der Waals surface area contributed by atoms with E-state index in [-0.39, 0.29) is 0 Å². The van der Waals surface area contributed by atoms with Gasteiger partial charge in [-0.15, -0.1) is 0 Å². The minimum absolute atomic E-state index is 1.24. The highest BCUT2D eigenvalue weighted by atomic mass is 14.2. The van der Waals surface area contributed by atoms with Crippen molar-refractivity contribution in [3.63, 3.8) is 0 Å². The Bertz CT molecular complexity index is 570. The number of hydrogen-bond donors (Lipinski definition) is 0. The van der Waals surface area contributed by atoms with Crippen molar-refractivity contribution in [1.82, 2.24) is 0 Å². The summed E-state index contributed by atoms with van der Waals surface area (Å²) in [4.78, 5) is 0. The fourth-order valence-corrected chi connectivity index (χ4v) is 2.67. The number of fused-ring (bicyclic) bond motifs is 2. The number of rotatable bonds is 0. The molecular weight excluding hydrogens is 192 g/mol. The van der Waals surface area contributed by atoms with Gasteiger partial charge in [-0.2, -0.15) is 0 Å². The smallest absolute Gasteiger partial charge is 0.0149 e. The summed E-state index contributed by atoms with van der Waals surface area (Å²) in [5.74, 6) is 0. The Balaban J connectivity index is 2.37. The van der Waals surface area contributed by atoms with Crippen LogP contribution in [0.3, 0.4) is 0 Å². The topological polar surface area (TPSA) is 0 Å². The fourth-order valence-electron chi connectivity index (χ4n) is 2.67. The second-order valence-electron chi connectivity index (χ2n) is 4.52. The van der Waals surface area contributed by atoms with Crippen LogP contribution in [0.1, 0.15) is 25.7 Å². The van der Waals surface area contributed by atoms with Gasteiger partial charge in [-0.1, -0.05) is 48.6 Å². The van der Waals surface area contributed by atoms with Gasteiger partial charge in [0, 0.05) is 0 Å². The summed E-state index contributed by atoms with van der Waals surface area (Å²) in [5, 5.41) is 2.80. The molecule has 0 unspecified atom stereocenters. The van der Waals surface area contributed by atoms with Crippen LogP contribution in [-0.4, -0.2) is 0 Å². The zero-order valence-electron chi connectivity index (χ0n) is 9.45. The number of hydrogen-bond acceptors (Lipinski definition) is 0. The molecule has 0 radical (unpaired) electrons. The van der Waals surface area contributed by atoms with E-state index in [9.17, 15) is 0 Å². The zero-order valence-corrected chi connectivity index (χ0v) is 9.45. The zero-order chi connectivity index (χ0) is 10.8. The van der Waals surface area contributed by atoms with E-state index >= 15 is 0 Å². The van der Waals surface area contributed by atoms with Gasteiger partial charge in [0.15, 0.2) is 0 Å². The maximum Gasteiger partial charge on any atom is -0.0149 e. The molecule has 0 saturated heterocycles. The molecule has 2 aliphatic carbocycles. The van der Waals surface area contributed by atoms with E-state index < -0.39 is 0 Å². The molecule has 0 aliphatic heterocycles. The van der Waals surface area contributed by atoms with Crippen molar-refractivity contribution >= 4 is 11.6 Å². The van der Waals surface area contributed by atoms with Crippen molar-refractivity contribution in [3.8, 4) is 0 Å². The van der Waals surface area contributed by atoms with Crippen LogP contribution in [0.4, 0.5) is 0 Å². The molecule has 0 heterocycles. The third-order valence-corrected chi connectivity index (χ3v) is 3.48. The summed E-state index contributed by atoms with van der Waals surface area (Å²) in [6, 6.07) is 8.75. The van der Waals surface area contributed by atoms with E-state index in [2.05, 4.69) is 48.6 Å². The van der Waals surface area contributed by atoms with Crippen molar-refractivity contribution < 1.29 is 0 Å². The fraction of sp³-hybridized carbons (Fsp3) is 0.250. The first-order valence-corrected chi connectivity index (χ1v) is 6.11. The van der Waals surface area contributed by atoms with Gasteiger partial charge < -0.3 is 0 Å². The van der Waals surface area contributed by atoms with Crippen LogP contribution in [-0.2, 0) is 0 Å². The molecular formula is C16H16. The predicted octanol–water partition coefficient (Wildman–Crippen LogP) is 2.69. The average molecular weight is 208 g/mol. The molecule has 80 valence electrons. The molecule has 1 fully saturated rings. The van der Waals surface area contributed by atoms with E-state index in [1.54, 1.807) is 11.1 Å². The Labute approximate surface area is 96.3 Å². The van der Waals surface area contributed by atoms with Crippen LogP contribution in [0.15, 0.2) is 48.1 Å². The van der Waals surface area contributed by atoms with Gasteiger partial charge in [0.1, 0.15) is 0 Å². The van der Waals surface area contributed by atoms with Gasteiger partial charge in [0.25, 0.3) is 0 Å². The van der Waals surface area contributed by atoms with Crippen molar-refractivity contribution in [2.45, 2.75) is 25.7 Å². The molecule has 16 heavy (non-hydrogen) atoms. The molecule has 0 heteroatoms. The average Bonchev–Trinajstić information content (AvgIpc) is 2.33. The van der Waals surface area contributed by atoms with E-state index in [1.165, 1.54) is 36.1 Å². The summed E-state index contributed by atoms with van der Waals surface area (Å²) in [6.07, 6.45) is 14.0. The molecule has 0 atom stereocenters. The normalized spacial score (nSPS) is 29.5. The highest BCUT2D eigenvalue weighted by Crippen LogP contribution is 2.28. The summed E-state index contributed by atoms with van der Waals surface area (Å²) in [5.41, 5.74) is 3.12. The minimum atomic E-state index is 1.24. The van der Waals surface area contributed by atoms with Crippen molar-refractivity contribution in [3.05, 3.63) is 58.5 Å². The van der Waals surface area contributed by atoms with Crippen LogP contribution in [0.5, 0.6) is 0 Å². The quantitative estimate of drug-likeness (QED) is 0.615. The largest absolute Gasteiger partial charge is 0.0620 e. The predicted molar refractivity (Wildman–Crippen MR) is 69.3 cm³/mol. The standard InChI is InChI=1S/C16H16/c1-2-8-14-10-4-6-12-16(14)15-11-5-3-9-13(15)7-1/h1-3,5,7-9,11H,4,6,10,12H2/b2-1-,7-1?,8-2?,13-7-,14-8-,16-15-. The van der Waals surface area contributed by atoms with Crippen LogP contribution in [0.2, 0.25) is 0 Å². The molecule has 1 aromatic carbocycles. The Hall–Kier alpha value is -1.56. The van der Waals surface area contributed by atoms with E-state index in [0.717, 1.165) is 0 Å². The second kappa shape index (κ2) is 4.13. The van der Waals surface area contributed by atoms with Crippen LogP contribution >= 0.6 is 0 Å². The Kier molecular flexibility index (Phi) is 2.49. The Morgan fingerprint density at radius 2 is 1.62 bits per heavy atom. The molecule has 0 bridgehead atoms. The Morgan fingerprint density at radius 3 is 2.62 bits per heavy atom. The van der Waals surface area contributed by atoms with Gasteiger partial charge in [0.2, 0.25) is 0 Å². The van der Waals surface area contributed by atoms with Crippen LogP contribution in [0.25, 0.3) is 11.6 Å². The summed E-state index contributed by atoms with van der Waals surface area (Å²) < 4.78 is 0. The van der Waals surface area contributed by atoms with Crippen molar-refractivity contribution in [2.75, 3.05) is 0 Å². The third-order valence-electron chi connectivity index (χ3n) is 3.48. The highest BCUT2D eigenvalue weighted by molar-refractivity contribution is 5.67. The van der Waals surface area contributed by atoms with E-state index in [0.29, 0.717) is 0 Å². The lowest BCUT2D eigenvalue weighted by atomic mass is 9.87. The molecule has 1 saturated carbocycles. The first-order valence-electron chi connectivity index (χ1n) is 6.11. The molecule has 3 rings (SSSR count). The van der Waals surface area contributed by atoms with Gasteiger partial charge >= 0.3 is 0 Å². The van der Waals surface area contributed by atoms with Gasteiger partial charge in [-0.3, -0.25) is 0 Å². The number of allylic oxidation sites excluding steroid dienone is 4. The van der Waals surface area contributed by atoms with Crippen molar-refractivity contribution in [2.24, 2.45) is 0 Å². The molecule has 1 aromatic rings. The molecule has 0 amide bonds.